The van der Waals surface area contributed by atoms with Crippen LogP contribution in [0.1, 0.15) is 310 Å². The maximum atomic E-state index is 13.1. The lowest BCUT2D eigenvalue weighted by molar-refractivity contribution is -0.161. The van der Waals surface area contributed by atoms with Crippen molar-refractivity contribution in [2.45, 2.75) is 329 Å². The number of hydrogen-bond donors (Lipinski definition) is 3. The molecular formula is C85H142O17P2. The molecule has 0 heterocycles. The number of rotatable bonds is 74. The van der Waals surface area contributed by atoms with Gasteiger partial charge in [-0.2, -0.15) is 0 Å². The molecule has 3 N–H and O–H groups in total. The summed E-state index contributed by atoms with van der Waals surface area (Å²) in [4.78, 5) is 73.0. The third kappa shape index (κ3) is 75.2. The Morgan fingerprint density at radius 2 is 0.519 bits per heavy atom. The molecule has 0 radical (unpaired) electrons. The fraction of sp³-hybridized carbons (Fsp3) is 0.671. The van der Waals surface area contributed by atoms with Gasteiger partial charge in [-0.25, -0.2) is 9.13 Å². The molecule has 594 valence electrons. The molecule has 0 saturated carbocycles. The molecule has 0 aliphatic rings. The monoisotopic (exact) mass is 1500 g/mol. The van der Waals surface area contributed by atoms with Crippen LogP contribution in [0.4, 0.5) is 0 Å². The highest BCUT2D eigenvalue weighted by atomic mass is 31.2. The van der Waals surface area contributed by atoms with E-state index in [-0.39, 0.29) is 25.7 Å². The van der Waals surface area contributed by atoms with Gasteiger partial charge in [0.25, 0.3) is 0 Å². The molecule has 19 heteroatoms. The number of esters is 4. The van der Waals surface area contributed by atoms with Gasteiger partial charge in [0.1, 0.15) is 19.3 Å². The summed E-state index contributed by atoms with van der Waals surface area (Å²) in [7, 11) is -9.98. The average molecular weight is 1500 g/mol. The van der Waals surface area contributed by atoms with E-state index in [2.05, 4.69) is 174 Å². The first kappa shape index (κ1) is 98.9. The molecule has 0 aliphatic heterocycles. The number of phosphoric acid groups is 2. The van der Waals surface area contributed by atoms with Gasteiger partial charge in [0.2, 0.25) is 0 Å². The summed E-state index contributed by atoms with van der Waals surface area (Å²) in [6.07, 6.45) is 86.8. The molecule has 0 saturated heterocycles. The Morgan fingerprint density at radius 1 is 0.279 bits per heavy atom. The SMILES string of the molecule is CC/C=C\C/C=C\C/C=C\C/C=C\CCCCCCCCC(=O)OCC(COP(=O)(O)OCC(O)COP(=O)(O)OCC(COC(=O)CCCCCC/C=C\C/C=C\C/C=C\C/C=C\CC)OC(=O)CCCCCCC/C=C\C/C=C\CCC)OC(=O)CCCCCCC/C=C\C/C=C\CCCCC. The zero-order chi connectivity index (χ0) is 76.0. The first-order valence-electron chi connectivity index (χ1n) is 40.1. The zero-order valence-electron chi connectivity index (χ0n) is 64.9. The molecule has 0 aromatic rings. The Bertz CT molecular complexity index is 2540. The number of carbonyl (C=O) groups is 4. The number of carbonyl (C=O) groups excluding carboxylic acids is 4. The third-order valence-electron chi connectivity index (χ3n) is 16.2. The number of aliphatic hydroxyl groups excluding tert-OH is 1. The van der Waals surface area contributed by atoms with E-state index < -0.39 is 97.5 Å². The molecule has 0 bridgehead atoms. The minimum Gasteiger partial charge on any atom is -0.462 e. The fourth-order valence-corrected chi connectivity index (χ4v) is 11.8. The van der Waals surface area contributed by atoms with Crippen molar-refractivity contribution in [1.82, 2.24) is 0 Å². The minimum atomic E-state index is -4.99. The van der Waals surface area contributed by atoms with Gasteiger partial charge in [-0.3, -0.25) is 37.3 Å². The van der Waals surface area contributed by atoms with Gasteiger partial charge in [-0.15, -0.1) is 0 Å². The van der Waals surface area contributed by atoms with E-state index in [9.17, 15) is 43.2 Å². The predicted molar refractivity (Wildman–Crippen MR) is 427 cm³/mol. The summed E-state index contributed by atoms with van der Waals surface area (Å²) in [6.45, 7) is 4.49. The Morgan fingerprint density at radius 3 is 0.808 bits per heavy atom. The van der Waals surface area contributed by atoms with Crippen LogP contribution in [-0.4, -0.2) is 96.7 Å². The van der Waals surface area contributed by atoms with Crippen LogP contribution < -0.4 is 0 Å². The van der Waals surface area contributed by atoms with E-state index in [4.69, 9.17) is 37.0 Å². The molecule has 0 fully saturated rings. The topological polar surface area (TPSA) is 237 Å². The second-order valence-electron chi connectivity index (χ2n) is 26.2. The minimum absolute atomic E-state index is 0.0688. The third-order valence-corrected chi connectivity index (χ3v) is 18.2. The van der Waals surface area contributed by atoms with Crippen LogP contribution >= 0.6 is 15.6 Å². The largest absolute Gasteiger partial charge is 0.472 e. The Kier molecular flexibility index (Phi) is 72.4. The highest BCUT2D eigenvalue weighted by Crippen LogP contribution is 2.45. The van der Waals surface area contributed by atoms with Crippen molar-refractivity contribution in [3.8, 4) is 0 Å². The van der Waals surface area contributed by atoms with Gasteiger partial charge < -0.3 is 33.8 Å². The van der Waals surface area contributed by atoms with Gasteiger partial charge in [0.15, 0.2) is 12.2 Å². The fourth-order valence-electron chi connectivity index (χ4n) is 10.2. The standard InChI is InChI=1S/C85H142O17P2/c1-5-9-13-17-21-25-29-33-36-38-39-41-44-47-50-54-58-62-66-70-83(88)96-76-81(102-85(90)72-68-64-60-56-52-48-42-35-31-27-23-19-15-11-7-3)78-100-104(93,94)98-74-79(86)73-97-103(91,92)99-77-80(101-84(89)71-67-63-59-55-51-45-32-28-24-20-16-12-8-4)75-95-82(87)69-65-61-57-53-49-46-43-40-37-34-30-26-22-18-14-10-6-2/h9-10,13-14,16,20-23,25-28,32-37,39,41-43,46,79-81,86H,5-8,11-12,15,17-19,24,29-31,38,40,44-45,47-78H2,1-4H3,(H,91,92)(H,93,94)/b13-9-,14-10-,20-16-,25-21-,26-22-,27-23-,32-28-,36-33-,37-34-,41-39-,42-35-,46-43-. The van der Waals surface area contributed by atoms with Crippen molar-refractivity contribution in [1.29, 1.82) is 0 Å². The molecule has 0 amide bonds. The molecule has 0 aromatic carbocycles. The number of aliphatic hydroxyl groups is 1. The summed E-state index contributed by atoms with van der Waals surface area (Å²) >= 11 is 0. The van der Waals surface area contributed by atoms with Crippen LogP contribution in [0.25, 0.3) is 0 Å². The average Bonchev–Trinajstić information content (AvgIpc) is 0.911. The molecule has 0 aromatic heterocycles. The van der Waals surface area contributed by atoms with Gasteiger partial charge in [-0.05, 0) is 161 Å². The van der Waals surface area contributed by atoms with Crippen LogP contribution in [0, 0.1) is 0 Å². The summed E-state index contributed by atoms with van der Waals surface area (Å²) in [6, 6.07) is 0. The first-order valence-corrected chi connectivity index (χ1v) is 43.1. The molecule has 5 atom stereocenters. The van der Waals surface area contributed by atoms with E-state index in [1.165, 1.54) is 19.3 Å². The van der Waals surface area contributed by atoms with Crippen LogP contribution in [-0.2, 0) is 65.4 Å². The van der Waals surface area contributed by atoms with Crippen molar-refractivity contribution in [3.63, 3.8) is 0 Å². The molecule has 0 rings (SSSR count). The molecule has 0 aliphatic carbocycles. The normalized spacial score (nSPS) is 14.6. The Hall–Kier alpha value is -5.06. The number of allylic oxidation sites excluding steroid dienone is 24. The lowest BCUT2D eigenvalue weighted by Crippen LogP contribution is -2.30. The quantitative estimate of drug-likeness (QED) is 0.0169. The first-order chi connectivity index (χ1) is 50.7. The van der Waals surface area contributed by atoms with Crippen molar-refractivity contribution in [2.75, 3.05) is 39.6 Å². The van der Waals surface area contributed by atoms with Gasteiger partial charge >= 0.3 is 39.5 Å². The highest BCUT2D eigenvalue weighted by Gasteiger charge is 2.30. The van der Waals surface area contributed by atoms with Crippen molar-refractivity contribution < 1.29 is 80.2 Å². The maximum absolute atomic E-state index is 13.1. The molecule has 104 heavy (non-hydrogen) atoms. The van der Waals surface area contributed by atoms with E-state index in [1.54, 1.807) is 0 Å². The van der Waals surface area contributed by atoms with E-state index in [1.807, 2.05) is 0 Å². The van der Waals surface area contributed by atoms with Crippen LogP contribution in [0.15, 0.2) is 146 Å². The van der Waals surface area contributed by atoms with E-state index >= 15 is 0 Å². The highest BCUT2D eigenvalue weighted by molar-refractivity contribution is 7.47. The van der Waals surface area contributed by atoms with Crippen molar-refractivity contribution >= 4 is 39.5 Å². The molecular weight excluding hydrogens is 1350 g/mol. The van der Waals surface area contributed by atoms with E-state index in [0.29, 0.717) is 25.7 Å². The smallest absolute Gasteiger partial charge is 0.462 e. The van der Waals surface area contributed by atoms with Gasteiger partial charge in [-0.1, -0.05) is 270 Å². The molecule has 0 spiro atoms. The van der Waals surface area contributed by atoms with Crippen LogP contribution in [0.2, 0.25) is 0 Å². The second kappa shape index (κ2) is 76.1. The predicted octanol–water partition coefficient (Wildman–Crippen LogP) is 23.4. The zero-order valence-corrected chi connectivity index (χ0v) is 66.7. The second-order valence-corrected chi connectivity index (χ2v) is 29.1. The van der Waals surface area contributed by atoms with E-state index in [0.717, 1.165) is 212 Å². The van der Waals surface area contributed by atoms with Crippen LogP contribution in [0.5, 0.6) is 0 Å². The lowest BCUT2D eigenvalue weighted by Gasteiger charge is -2.21. The summed E-state index contributed by atoms with van der Waals surface area (Å²) in [5.74, 6) is -2.25. The molecule has 5 unspecified atom stereocenters. The number of phosphoric ester groups is 2. The number of ether oxygens (including phenoxy) is 4. The summed E-state index contributed by atoms with van der Waals surface area (Å²) in [5.41, 5.74) is 0. The van der Waals surface area contributed by atoms with Crippen molar-refractivity contribution in [2.24, 2.45) is 0 Å². The maximum Gasteiger partial charge on any atom is 0.472 e. The summed E-state index contributed by atoms with van der Waals surface area (Å²) < 4.78 is 68.6. The summed E-state index contributed by atoms with van der Waals surface area (Å²) in [5, 5.41) is 10.6. The lowest BCUT2D eigenvalue weighted by atomic mass is 10.1. The van der Waals surface area contributed by atoms with Crippen molar-refractivity contribution in [3.05, 3.63) is 146 Å². The Balaban J connectivity index is 5.40. The van der Waals surface area contributed by atoms with Crippen LogP contribution in [0.3, 0.4) is 0 Å². The molecule has 17 nitrogen and oxygen atoms in total. The number of unbranched alkanes of at least 4 members (excludes halogenated alkanes) is 24. The Labute approximate surface area is 630 Å². The van der Waals surface area contributed by atoms with Gasteiger partial charge in [0.05, 0.1) is 26.4 Å². The number of hydrogen-bond acceptors (Lipinski definition) is 15. The van der Waals surface area contributed by atoms with Gasteiger partial charge in [0, 0.05) is 25.7 Å².